The maximum atomic E-state index is 14.6. The van der Waals surface area contributed by atoms with Crippen LogP contribution < -0.4 is 9.62 Å². The lowest BCUT2D eigenvalue weighted by Gasteiger charge is -2.34. The Morgan fingerprint density at radius 2 is 1.50 bits per heavy atom. The van der Waals surface area contributed by atoms with Crippen LogP contribution >= 0.6 is 34.8 Å². The van der Waals surface area contributed by atoms with Crippen molar-refractivity contribution in [1.29, 1.82) is 0 Å². The maximum absolute atomic E-state index is 14.6. The highest BCUT2D eigenvalue weighted by Gasteiger charge is 2.35. The zero-order valence-corrected chi connectivity index (χ0v) is 28.7. The molecule has 4 aromatic rings. The number of sulfonamides is 1. The second kappa shape index (κ2) is 16.3. The van der Waals surface area contributed by atoms with Crippen LogP contribution in [0.1, 0.15) is 36.5 Å². The molecule has 242 valence electrons. The lowest BCUT2D eigenvalue weighted by atomic mass is 10.0. The Kier molecular flexibility index (Phi) is 12.5. The van der Waals surface area contributed by atoms with Gasteiger partial charge >= 0.3 is 0 Å². The highest BCUT2D eigenvalue weighted by Crippen LogP contribution is 2.29. The summed E-state index contributed by atoms with van der Waals surface area (Å²) in [4.78, 5) is 29.8. The Bertz CT molecular complexity index is 1750. The van der Waals surface area contributed by atoms with E-state index in [2.05, 4.69) is 5.32 Å². The summed E-state index contributed by atoms with van der Waals surface area (Å²) >= 11 is 18.8. The van der Waals surface area contributed by atoms with Crippen molar-refractivity contribution in [2.24, 2.45) is 0 Å². The number of aryl methyl sites for hydroxylation is 1. The smallest absolute Gasteiger partial charge is 0.264 e. The zero-order valence-electron chi connectivity index (χ0n) is 25.6. The summed E-state index contributed by atoms with van der Waals surface area (Å²) in [5.74, 6) is -0.933. The van der Waals surface area contributed by atoms with Gasteiger partial charge in [0, 0.05) is 34.6 Å². The van der Waals surface area contributed by atoms with E-state index in [1.54, 1.807) is 49.4 Å². The van der Waals surface area contributed by atoms with E-state index in [1.807, 2.05) is 37.3 Å². The van der Waals surface area contributed by atoms with Crippen molar-refractivity contribution in [1.82, 2.24) is 10.2 Å². The molecule has 4 rings (SSSR count). The van der Waals surface area contributed by atoms with E-state index in [-0.39, 0.29) is 23.8 Å². The molecule has 0 heterocycles. The number of hydrogen-bond acceptors (Lipinski definition) is 4. The van der Waals surface area contributed by atoms with Crippen LogP contribution in [0.4, 0.5) is 5.69 Å². The van der Waals surface area contributed by atoms with Crippen molar-refractivity contribution in [3.8, 4) is 0 Å². The van der Waals surface area contributed by atoms with Crippen LogP contribution in [-0.4, -0.2) is 44.3 Å². The lowest BCUT2D eigenvalue weighted by Crippen LogP contribution is -2.53. The van der Waals surface area contributed by atoms with Gasteiger partial charge in [0.2, 0.25) is 11.8 Å². The quantitative estimate of drug-likeness (QED) is 0.137. The van der Waals surface area contributed by atoms with Crippen LogP contribution in [0, 0.1) is 6.92 Å². The van der Waals surface area contributed by atoms with Gasteiger partial charge in [-0.05, 0) is 72.5 Å². The minimum atomic E-state index is -4.25. The van der Waals surface area contributed by atoms with E-state index in [1.165, 1.54) is 29.2 Å². The molecular weight excluding hydrogens is 665 g/mol. The first-order chi connectivity index (χ1) is 22.0. The number of anilines is 1. The van der Waals surface area contributed by atoms with Gasteiger partial charge in [-0.3, -0.25) is 13.9 Å². The van der Waals surface area contributed by atoms with Crippen LogP contribution in [0.15, 0.2) is 102 Å². The Balaban J connectivity index is 1.82. The van der Waals surface area contributed by atoms with Crippen molar-refractivity contribution in [2.75, 3.05) is 17.4 Å². The molecule has 0 radical (unpaired) electrons. The van der Waals surface area contributed by atoms with Crippen molar-refractivity contribution >= 4 is 62.3 Å². The number of para-hydroxylation sites is 1. The van der Waals surface area contributed by atoms with Gasteiger partial charge in [0.25, 0.3) is 10.0 Å². The largest absolute Gasteiger partial charge is 0.354 e. The minimum absolute atomic E-state index is 0.0293. The van der Waals surface area contributed by atoms with Crippen LogP contribution in [0.2, 0.25) is 15.1 Å². The topological polar surface area (TPSA) is 86.8 Å². The Hall–Kier alpha value is -3.56. The van der Waals surface area contributed by atoms with Gasteiger partial charge in [-0.1, -0.05) is 103 Å². The molecule has 4 aromatic carbocycles. The fraction of sp³-hybridized carbons (Fsp3) is 0.257. The number of hydrogen-bond donors (Lipinski definition) is 1. The van der Waals surface area contributed by atoms with E-state index >= 15 is 0 Å². The molecule has 0 fully saturated rings. The number of nitrogens with zero attached hydrogens (tertiary/aromatic N) is 2. The summed E-state index contributed by atoms with van der Waals surface area (Å²) in [5.41, 5.74) is 2.38. The van der Waals surface area contributed by atoms with Gasteiger partial charge < -0.3 is 10.2 Å². The molecule has 1 atom stereocenters. The Labute approximate surface area is 286 Å². The van der Waals surface area contributed by atoms with Gasteiger partial charge in [-0.25, -0.2) is 8.42 Å². The first kappa shape index (κ1) is 35.3. The molecule has 0 spiro atoms. The first-order valence-electron chi connectivity index (χ1n) is 14.9. The predicted octanol–water partition coefficient (Wildman–Crippen LogP) is 7.71. The van der Waals surface area contributed by atoms with Crippen LogP contribution in [0.3, 0.4) is 0 Å². The number of rotatable bonds is 14. The molecule has 0 saturated heterocycles. The highest BCUT2D eigenvalue weighted by atomic mass is 35.5. The third kappa shape index (κ3) is 9.04. The molecule has 0 aliphatic rings. The molecule has 0 aliphatic heterocycles. The predicted molar refractivity (Wildman–Crippen MR) is 186 cm³/mol. The van der Waals surface area contributed by atoms with Crippen molar-refractivity contribution in [2.45, 2.75) is 50.6 Å². The average molecular weight is 701 g/mol. The van der Waals surface area contributed by atoms with Gasteiger partial charge in [0.05, 0.1) is 10.6 Å². The summed E-state index contributed by atoms with van der Waals surface area (Å²) in [6, 6.07) is 26.0. The zero-order chi connectivity index (χ0) is 33.3. The SMILES string of the molecule is CCCCNC(=O)[C@H](Cc1ccccc1)N(Cc1ccc(Cl)cc1Cl)C(=O)CN(c1ccccc1C)S(=O)(=O)c1ccc(Cl)cc1. The standard InChI is InChI=1S/C35H36Cl3N3O4S/c1-3-4-20-39-35(43)33(21-26-11-6-5-7-12-26)40(23-27-14-15-29(37)22-31(27)38)34(42)24-41(32-13-9-8-10-25(32)2)46(44,45)30-18-16-28(36)17-19-30/h5-19,22,33H,3-4,20-21,23-24H2,1-2H3,(H,39,43)/t33-/m0/s1. The van der Waals surface area contributed by atoms with Crippen LogP contribution in [0.5, 0.6) is 0 Å². The first-order valence-corrected chi connectivity index (χ1v) is 17.5. The van der Waals surface area contributed by atoms with Gasteiger partial charge in [-0.15, -0.1) is 0 Å². The van der Waals surface area contributed by atoms with E-state index in [0.717, 1.165) is 22.7 Å². The second-order valence-electron chi connectivity index (χ2n) is 10.9. The molecule has 0 unspecified atom stereocenters. The fourth-order valence-corrected chi connectivity index (χ4v) is 7.06. The molecule has 7 nitrogen and oxygen atoms in total. The van der Waals surface area contributed by atoms with E-state index in [0.29, 0.717) is 38.4 Å². The number of unbranched alkanes of at least 4 members (excludes halogenated alkanes) is 1. The maximum Gasteiger partial charge on any atom is 0.264 e. The van der Waals surface area contributed by atoms with Gasteiger partial charge in [0.15, 0.2) is 0 Å². The molecule has 2 amide bonds. The Morgan fingerprint density at radius 3 is 2.15 bits per heavy atom. The summed E-state index contributed by atoms with van der Waals surface area (Å²) in [6.45, 7) is 3.59. The molecule has 0 saturated carbocycles. The van der Waals surface area contributed by atoms with Crippen LogP contribution in [0.25, 0.3) is 0 Å². The summed E-state index contributed by atoms with van der Waals surface area (Å²) in [7, 11) is -4.25. The molecule has 11 heteroatoms. The average Bonchev–Trinajstić information content (AvgIpc) is 3.03. The van der Waals surface area contributed by atoms with Crippen molar-refractivity contribution in [3.63, 3.8) is 0 Å². The number of amides is 2. The fourth-order valence-electron chi connectivity index (χ4n) is 4.98. The minimum Gasteiger partial charge on any atom is -0.354 e. The van der Waals surface area contributed by atoms with Gasteiger partial charge in [-0.2, -0.15) is 0 Å². The third-order valence-electron chi connectivity index (χ3n) is 7.52. The number of halogens is 3. The Morgan fingerprint density at radius 1 is 0.848 bits per heavy atom. The third-order valence-corrected chi connectivity index (χ3v) is 10.1. The van der Waals surface area contributed by atoms with Crippen molar-refractivity contribution < 1.29 is 18.0 Å². The number of carbonyl (C=O) groups is 2. The summed E-state index contributed by atoms with van der Waals surface area (Å²) in [6.07, 6.45) is 1.84. The molecule has 0 aliphatic carbocycles. The highest BCUT2D eigenvalue weighted by molar-refractivity contribution is 7.92. The number of carbonyl (C=O) groups excluding carboxylic acids is 2. The summed E-state index contributed by atoms with van der Waals surface area (Å²) < 4.78 is 29.4. The summed E-state index contributed by atoms with van der Waals surface area (Å²) in [5, 5.41) is 4.09. The van der Waals surface area contributed by atoms with Crippen molar-refractivity contribution in [3.05, 3.63) is 129 Å². The van der Waals surface area contributed by atoms with Crippen LogP contribution in [-0.2, 0) is 32.6 Å². The number of nitrogens with one attached hydrogen (secondary N) is 1. The second-order valence-corrected chi connectivity index (χ2v) is 14.0. The lowest BCUT2D eigenvalue weighted by molar-refractivity contribution is -0.140. The number of benzene rings is 4. The van der Waals surface area contributed by atoms with Gasteiger partial charge in [0.1, 0.15) is 12.6 Å². The normalized spacial score (nSPS) is 11.9. The molecule has 0 aromatic heterocycles. The molecule has 0 bridgehead atoms. The molecule has 46 heavy (non-hydrogen) atoms. The van der Waals surface area contributed by atoms with E-state index in [9.17, 15) is 18.0 Å². The molecular formula is C35H36Cl3N3O4S. The monoisotopic (exact) mass is 699 g/mol. The van der Waals surface area contributed by atoms with E-state index in [4.69, 9.17) is 34.8 Å². The molecule has 1 N–H and O–H groups in total. The van der Waals surface area contributed by atoms with E-state index < -0.39 is 28.5 Å².